The monoisotopic (exact) mass is 462 g/mol. The van der Waals surface area contributed by atoms with Crippen molar-refractivity contribution in [3.8, 4) is 0 Å². The van der Waals surface area contributed by atoms with E-state index in [1.165, 1.54) is 4.90 Å². The van der Waals surface area contributed by atoms with Crippen LogP contribution >= 0.6 is 11.6 Å². The van der Waals surface area contributed by atoms with Crippen molar-refractivity contribution in [2.24, 2.45) is 17.3 Å². The third kappa shape index (κ3) is 3.17. The van der Waals surface area contributed by atoms with Gasteiger partial charge in [0.1, 0.15) is 6.04 Å². The molecule has 3 aliphatic rings. The smallest absolute Gasteiger partial charge is 0.240 e. The molecular weight excluding hydrogens is 436 g/mol. The molecule has 0 bridgehead atoms. The van der Waals surface area contributed by atoms with Crippen molar-refractivity contribution in [3.63, 3.8) is 0 Å². The molecule has 0 radical (unpaired) electrons. The van der Waals surface area contributed by atoms with Crippen molar-refractivity contribution < 1.29 is 14.4 Å². The van der Waals surface area contributed by atoms with Gasteiger partial charge < -0.3 is 4.90 Å². The van der Waals surface area contributed by atoms with E-state index in [4.69, 9.17) is 11.6 Å². The van der Waals surface area contributed by atoms with E-state index in [-0.39, 0.29) is 23.6 Å². The van der Waals surface area contributed by atoms with Crippen LogP contribution in [0.25, 0.3) is 5.57 Å². The topological polar surface area (TPSA) is 57.7 Å². The lowest BCUT2D eigenvalue weighted by molar-refractivity contribution is -0.132. The molecule has 2 aromatic carbocycles. The number of imide groups is 1. The van der Waals surface area contributed by atoms with Crippen LogP contribution in [0.4, 0.5) is 11.4 Å². The second kappa shape index (κ2) is 7.29. The van der Waals surface area contributed by atoms with Crippen LogP contribution < -0.4 is 9.80 Å². The molecule has 0 aliphatic carbocycles. The van der Waals surface area contributed by atoms with Gasteiger partial charge in [0.25, 0.3) is 0 Å². The molecule has 2 aromatic rings. The highest BCUT2D eigenvalue weighted by molar-refractivity contribution is 6.31. The molecular formula is C27H27ClN2O3. The van der Waals surface area contributed by atoms with Crippen molar-refractivity contribution >= 4 is 46.1 Å². The average molecular weight is 463 g/mol. The number of carbonyl (C=O) groups excluding carboxylic acids is 3. The summed E-state index contributed by atoms with van der Waals surface area (Å²) in [6.07, 6.45) is 2.06. The number of benzene rings is 2. The molecule has 0 unspecified atom stereocenters. The number of anilines is 2. The summed E-state index contributed by atoms with van der Waals surface area (Å²) in [4.78, 5) is 44.6. The fourth-order valence-corrected chi connectivity index (χ4v) is 5.67. The summed E-state index contributed by atoms with van der Waals surface area (Å²) >= 11 is 6.02. The van der Waals surface area contributed by atoms with Crippen molar-refractivity contribution in [2.75, 3.05) is 9.80 Å². The highest BCUT2D eigenvalue weighted by atomic mass is 35.5. The van der Waals surface area contributed by atoms with E-state index in [2.05, 4.69) is 12.1 Å². The zero-order valence-corrected chi connectivity index (χ0v) is 20.2. The van der Waals surface area contributed by atoms with E-state index < -0.39 is 23.3 Å². The van der Waals surface area contributed by atoms with Gasteiger partial charge in [0.2, 0.25) is 11.8 Å². The Balaban J connectivity index is 1.68. The number of rotatable bonds is 2. The predicted molar refractivity (Wildman–Crippen MR) is 130 cm³/mol. The third-order valence-electron chi connectivity index (χ3n) is 7.10. The Kier molecular flexibility index (Phi) is 4.84. The second-order valence-electron chi connectivity index (χ2n) is 10.4. The first-order valence-electron chi connectivity index (χ1n) is 11.3. The van der Waals surface area contributed by atoms with Gasteiger partial charge in [-0.2, -0.15) is 0 Å². The Morgan fingerprint density at radius 1 is 0.939 bits per heavy atom. The molecule has 2 fully saturated rings. The van der Waals surface area contributed by atoms with Crippen molar-refractivity contribution in [1.82, 2.24) is 0 Å². The standard InChI is InChI=1S/C27H27ClN2O3/c1-14-6-11-19-18(12-14)15(2)13-20-21-22(23(30(19)20)24(31)27(3,4)5)26(33)29(25(21)32)17-9-7-16(28)8-10-17/h6-13,20-23H,1-5H3/t20-,21+,22-,23-/m1/s1. The maximum Gasteiger partial charge on any atom is 0.240 e. The largest absolute Gasteiger partial charge is 0.353 e. The van der Waals surface area contributed by atoms with E-state index in [1.807, 2.05) is 51.7 Å². The Morgan fingerprint density at radius 3 is 2.21 bits per heavy atom. The lowest BCUT2D eigenvalue weighted by Crippen LogP contribution is -2.51. The van der Waals surface area contributed by atoms with Gasteiger partial charge in [0.15, 0.2) is 5.78 Å². The van der Waals surface area contributed by atoms with Crippen molar-refractivity contribution in [1.29, 1.82) is 0 Å². The van der Waals surface area contributed by atoms with Gasteiger partial charge in [-0.15, -0.1) is 0 Å². The lowest BCUT2D eigenvalue weighted by atomic mass is 9.79. The predicted octanol–water partition coefficient (Wildman–Crippen LogP) is 5.04. The van der Waals surface area contributed by atoms with Crippen LogP contribution in [0, 0.1) is 24.2 Å². The molecule has 0 aromatic heterocycles. The Labute approximate surface area is 199 Å². The summed E-state index contributed by atoms with van der Waals surface area (Å²) in [7, 11) is 0. The quantitative estimate of drug-likeness (QED) is 0.586. The number of aryl methyl sites for hydroxylation is 1. The van der Waals surface area contributed by atoms with Crippen LogP contribution in [0.1, 0.15) is 38.8 Å². The maximum absolute atomic E-state index is 13.8. The van der Waals surface area contributed by atoms with E-state index in [9.17, 15) is 14.4 Å². The van der Waals surface area contributed by atoms with Gasteiger partial charge in [0, 0.05) is 21.7 Å². The molecule has 2 amide bonds. The number of hydrogen-bond donors (Lipinski definition) is 0. The van der Waals surface area contributed by atoms with Crippen LogP contribution in [0.2, 0.25) is 5.02 Å². The Hall–Kier alpha value is -2.92. The maximum atomic E-state index is 13.8. The number of fused-ring (bicyclic) bond motifs is 5. The first-order valence-corrected chi connectivity index (χ1v) is 11.6. The molecule has 4 atom stereocenters. The zero-order valence-electron chi connectivity index (χ0n) is 19.4. The van der Waals surface area contributed by atoms with Crippen LogP contribution in [0.15, 0.2) is 48.5 Å². The minimum Gasteiger partial charge on any atom is -0.353 e. The molecule has 3 aliphatic heterocycles. The van der Waals surface area contributed by atoms with Gasteiger partial charge in [0.05, 0.1) is 23.6 Å². The molecule has 0 saturated carbocycles. The van der Waals surface area contributed by atoms with E-state index >= 15 is 0 Å². The van der Waals surface area contributed by atoms with Gasteiger partial charge in [-0.25, -0.2) is 4.90 Å². The molecule has 3 heterocycles. The van der Waals surface area contributed by atoms with Crippen LogP contribution in [0.5, 0.6) is 0 Å². The SMILES string of the molecule is CC1=C[C@@H]2[C@@H]3C(=O)N(c4ccc(Cl)cc4)C(=O)[C@H]3[C@H](C(=O)C(C)(C)C)N2c2ccc(C)cc21. The normalized spacial score (nSPS) is 26.2. The minimum atomic E-state index is -0.735. The highest BCUT2D eigenvalue weighted by Gasteiger charge is 2.65. The van der Waals surface area contributed by atoms with Gasteiger partial charge in [-0.3, -0.25) is 14.4 Å². The summed E-state index contributed by atoms with van der Waals surface area (Å²) in [5.74, 6) is -1.95. The molecule has 0 spiro atoms. The zero-order chi connectivity index (χ0) is 23.8. The number of ketones is 1. The summed E-state index contributed by atoms with van der Waals surface area (Å²) in [6, 6.07) is 11.8. The van der Waals surface area contributed by atoms with Crippen molar-refractivity contribution in [2.45, 2.75) is 46.7 Å². The van der Waals surface area contributed by atoms with Crippen LogP contribution in [-0.4, -0.2) is 29.7 Å². The summed E-state index contributed by atoms with van der Waals surface area (Å²) in [5, 5.41) is 0.530. The molecule has 0 N–H and O–H groups in total. The molecule has 2 saturated heterocycles. The van der Waals surface area contributed by atoms with Crippen LogP contribution in [0.3, 0.4) is 0 Å². The van der Waals surface area contributed by atoms with E-state index in [0.717, 1.165) is 22.4 Å². The summed E-state index contributed by atoms with van der Waals surface area (Å²) in [6.45, 7) is 9.68. The van der Waals surface area contributed by atoms with Crippen LogP contribution in [-0.2, 0) is 14.4 Å². The first kappa shape index (κ1) is 21.9. The lowest BCUT2D eigenvalue weighted by Gasteiger charge is -2.39. The second-order valence-corrected chi connectivity index (χ2v) is 10.8. The number of nitrogens with zero attached hydrogens (tertiary/aromatic N) is 2. The average Bonchev–Trinajstić information content (AvgIpc) is 3.21. The number of halogens is 1. The fourth-order valence-electron chi connectivity index (χ4n) is 5.54. The summed E-state index contributed by atoms with van der Waals surface area (Å²) < 4.78 is 0. The number of allylic oxidation sites excluding steroid dienone is 1. The summed E-state index contributed by atoms with van der Waals surface area (Å²) in [5.41, 5.74) is 3.97. The van der Waals surface area contributed by atoms with E-state index in [0.29, 0.717) is 10.7 Å². The first-order chi connectivity index (χ1) is 15.5. The number of carbonyl (C=O) groups is 3. The van der Waals surface area contributed by atoms with Gasteiger partial charge in [-0.1, -0.05) is 50.1 Å². The molecule has 5 rings (SSSR count). The number of hydrogen-bond acceptors (Lipinski definition) is 4. The number of amides is 2. The molecule has 6 heteroatoms. The Morgan fingerprint density at radius 2 is 1.58 bits per heavy atom. The highest BCUT2D eigenvalue weighted by Crippen LogP contribution is 2.51. The van der Waals surface area contributed by atoms with Crippen molar-refractivity contribution in [3.05, 3.63) is 64.7 Å². The Bertz CT molecular complexity index is 1220. The van der Waals surface area contributed by atoms with Gasteiger partial charge in [-0.05, 0) is 55.8 Å². The van der Waals surface area contributed by atoms with E-state index in [1.54, 1.807) is 24.3 Å². The minimum absolute atomic E-state index is 0.0291. The molecule has 5 nitrogen and oxygen atoms in total. The third-order valence-corrected chi connectivity index (χ3v) is 7.35. The molecule has 33 heavy (non-hydrogen) atoms. The number of Topliss-reactive ketones (excluding diaryl/α,β-unsaturated/α-hetero) is 1. The van der Waals surface area contributed by atoms with Gasteiger partial charge >= 0.3 is 0 Å². The molecule has 170 valence electrons. The fraction of sp³-hybridized carbons (Fsp3) is 0.370.